The van der Waals surface area contributed by atoms with E-state index < -0.39 is 7.12 Å². The molecule has 1 rings (SSSR count). The molecule has 6 N–H and O–H groups in total. The Balaban J connectivity index is 1.96. The van der Waals surface area contributed by atoms with E-state index in [1.54, 1.807) is 0 Å². The highest BCUT2D eigenvalue weighted by atomic mass is 16.4. The van der Waals surface area contributed by atoms with E-state index in [1.165, 1.54) is 0 Å². The Kier molecular flexibility index (Phi) is 4.88. The van der Waals surface area contributed by atoms with Crippen LogP contribution in [0.1, 0.15) is 32.1 Å². The zero-order chi connectivity index (χ0) is 10.6. The van der Waals surface area contributed by atoms with E-state index in [1.807, 2.05) is 0 Å². The lowest BCUT2D eigenvalue weighted by atomic mass is 9.74. The molecule has 0 aromatic heterocycles. The van der Waals surface area contributed by atoms with Gasteiger partial charge in [0.1, 0.15) is 0 Å². The molecule has 5 heteroatoms. The number of rotatable bonds is 6. The molecule has 1 unspecified atom stereocenters. The maximum atomic E-state index is 8.63. The summed E-state index contributed by atoms with van der Waals surface area (Å²) in [7, 11) is -1.16. The highest BCUT2D eigenvalue weighted by Gasteiger charge is 2.30. The second-order valence-corrected chi connectivity index (χ2v) is 4.42. The smallest absolute Gasteiger partial charge is 0.427 e. The molecule has 0 bridgehead atoms. The van der Waals surface area contributed by atoms with Crippen LogP contribution in [0.2, 0.25) is 6.32 Å². The summed E-state index contributed by atoms with van der Waals surface area (Å²) in [4.78, 5) is 0. The van der Waals surface area contributed by atoms with Crippen LogP contribution in [0, 0.1) is 5.92 Å². The number of hydrogen-bond donors (Lipinski definition) is 4. The Morgan fingerprint density at radius 2 is 1.93 bits per heavy atom. The summed E-state index contributed by atoms with van der Waals surface area (Å²) >= 11 is 0. The van der Waals surface area contributed by atoms with Gasteiger partial charge in [-0.2, -0.15) is 0 Å². The van der Waals surface area contributed by atoms with Gasteiger partial charge in [0.15, 0.2) is 0 Å². The molecule has 0 saturated heterocycles. The molecule has 1 saturated carbocycles. The largest absolute Gasteiger partial charge is 0.451 e. The van der Waals surface area contributed by atoms with Gasteiger partial charge in [0.25, 0.3) is 0 Å². The van der Waals surface area contributed by atoms with E-state index in [2.05, 4.69) is 0 Å². The summed E-state index contributed by atoms with van der Waals surface area (Å²) in [5, 5.41) is 17.3. The summed E-state index contributed by atoms with van der Waals surface area (Å²) in [6.07, 6.45) is 5.36. The van der Waals surface area contributed by atoms with E-state index in [9.17, 15) is 0 Å². The molecule has 4 nitrogen and oxygen atoms in total. The van der Waals surface area contributed by atoms with Crippen LogP contribution in [0.3, 0.4) is 0 Å². The maximum Gasteiger partial charge on any atom is 0.451 e. The van der Waals surface area contributed by atoms with Crippen LogP contribution in [0.15, 0.2) is 0 Å². The van der Waals surface area contributed by atoms with Crippen molar-refractivity contribution in [3.63, 3.8) is 0 Å². The molecular formula is C9H21BN2O2. The van der Waals surface area contributed by atoms with E-state index >= 15 is 0 Å². The summed E-state index contributed by atoms with van der Waals surface area (Å²) in [6.45, 7) is 0. The van der Waals surface area contributed by atoms with Crippen LogP contribution in [0.25, 0.3) is 0 Å². The van der Waals surface area contributed by atoms with Crippen molar-refractivity contribution in [2.24, 2.45) is 17.4 Å². The van der Waals surface area contributed by atoms with Gasteiger partial charge in [-0.1, -0.05) is 12.8 Å². The third-order valence-electron chi connectivity index (χ3n) is 3.07. The summed E-state index contributed by atoms with van der Waals surface area (Å²) in [5.74, 6) is 0.601. The summed E-state index contributed by atoms with van der Waals surface area (Å²) in [6, 6.07) is 0.621. The lowest BCUT2D eigenvalue weighted by molar-refractivity contribution is 0.213. The highest BCUT2D eigenvalue weighted by Crippen LogP contribution is 2.29. The van der Waals surface area contributed by atoms with Gasteiger partial charge in [-0.3, -0.25) is 0 Å². The van der Waals surface area contributed by atoms with Gasteiger partial charge in [0, 0.05) is 12.1 Å². The highest BCUT2D eigenvalue weighted by molar-refractivity contribution is 6.40. The predicted molar refractivity (Wildman–Crippen MR) is 57.5 cm³/mol. The van der Waals surface area contributed by atoms with Crippen molar-refractivity contribution in [1.82, 2.24) is 0 Å². The average molecular weight is 200 g/mol. The van der Waals surface area contributed by atoms with Crippen LogP contribution in [-0.2, 0) is 0 Å². The zero-order valence-electron chi connectivity index (χ0n) is 8.60. The van der Waals surface area contributed by atoms with Gasteiger partial charge in [-0.15, -0.1) is 0 Å². The molecule has 0 heterocycles. The minimum atomic E-state index is -1.16. The molecule has 14 heavy (non-hydrogen) atoms. The molecule has 0 aliphatic heterocycles. The Morgan fingerprint density at radius 3 is 2.43 bits per heavy atom. The maximum absolute atomic E-state index is 8.63. The van der Waals surface area contributed by atoms with Crippen molar-refractivity contribution < 1.29 is 10.0 Å². The third kappa shape index (κ3) is 3.96. The Hall–Kier alpha value is -0.0951. The lowest BCUT2D eigenvalue weighted by Crippen LogP contribution is -2.45. The van der Waals surface area contributed by atoms with Crippen molar-refractivity contribution >= 4 is 7.12 Å². The average Bonchev–Trinajstić information content (AvgIpc) is 2.06. The van der Waals surface area contributed by atoms with Crippen LogP contribution in [-0.4, -0.2) is 29.3 Å². The van der Waals surface area contributed by atoms with Crippen molar-refractivity contribution in [3.05, 3.63) is 0 Å². The first-order chi connectivity index (χ1) is 6.59. The second-order valence-electron chi connectivity index (χ2n) is 4.42. The fraction of sp³-hybridized carbons (Fsp3) is 1.00. The SMILES string of the molecule is NC1CC(C(N)CCCCB(O)O)C1. The monoisotopic (exact) mass is 200 g/mol. The first-order valence-corrected chi connectivity index (χ1v) is 5.47. The lowest BCUT2D eigenvalue weighted by Gasteiger charge is -2.36. The first kappa shape index (κ1) is 12.0. The molecule has 1 fully saturated rings. The number of unbranched alkanes of at least 4 members (excludes halogenated alkanes) is 1. The molecule has 1 aliphatic carbocycles. The van der Waals surface area contributed by atoms with E-state index in [0.717, 1.165) is 32.1 Å². The molecule has 1 atom stereocenters. The summed E-state index contributed by atoms with van der Waals surface area (Å²) < 4.78 is 0. The summed E-state index contributed by atoms with van der Waals surface area (Å²) in [5.41, 5.74) is 11.7. The second kappa shape index (κ2) is 5.71. The van der Waals surface area contributed by atoms with Gasteiger partial charge in [0.2, 0.25) is 0 Å². The molecule has 0 aromatic carbocycles. The minimum Gasteiger partial charge on any atom is -0.427 e. The van der Waals surface area contributed by atoms with Crippen LogP contribution >= 0.6 is 0 Å². The van der Waals surface area contributed by atoms with Gasteiger partial charge in [-0.25, -0.2) is 0 Å². The predicted octanol–water partition coefficient (Wildman–Crippen LogP) is -0.306. The van der Waals surface area contributed by atoms with Crippen molar-refractivity contribution in [1.29, 1.82) is 0 Å². The molecule has 0 spiro atoms. The third-order valence-corrected chi connectivity index (χ3v) is 3.07. The van der Waals surface area contributed by atoms with Gasteiger partial charge in [0.05, 0.1) is 0 Å². The fourth-order valence-electron chi connectivity index (χ4n) is 2.00. The van der Waals surface area contributed by atoms with Gasteiger partial charge < -0.3 is 21.5 Å². The van der Waals surface area contributed by atoms with Crippen LogP contribution in [0.4, 0.5) is 0 Å². The molecule has 0 radical (unpaired) electrons. The van der Waals surface area contributed by atoms with Crippen molar-refractivity contribution in [2.75, 3.05) is 0 Å². The molecule has 0 amide bonds. The van der Waals surface area contributed by atoms with Gasteiger partial charge >= 0.3 is 7.12 Å². The van der Waals surface area contributed by atoms with E-state index in [-0.39, 0.29) is 6.04 Å². The van der Waals surface area contributed by atoms with Crippen LogP contribution < -0.4 is 11.5 Å². The standard InChI is InChI=1S/C9H21BN2O2/c11-8-5-7(6-8)9(12)3-1-2-4-10(13)14/h7-9,13-14H,1-6,11-12H2. The molecule has 0 aromatic rings. The van der Waals surface area contributed by atoms with E-state index in [0.29, 0.717) is 18.3 Å². The topological polar surface area (TPSA) is 92.5 Å². The number of hydrogen-bond acceptors (Lipinski definition) is 4. The Morgan fingerprint density at radius 1 is 1.29 bits per heavy atom. The van der Waals surface area contributed by atoms with Crippen LogP contribution in [0.5, 0.6) is 0 Å². The first-order valence-electron chi connectivity index (χ1n) is 5.47. The van der Waals surface area contributed by atoms with E-state index in [4.69, 9.17) is 21.5 Å². The Bertz CT molecular complexity index is 163. The zero-order valence-corrected chi connectivity index (χ0v) is 8.60. The molecule has 82 valence electrons. The minimum absolute atomic E-state index is 0.255. The quantitative estimate of drug-likeness (QED) is 0.349. The van der Waals surface area contributed by atoms with Gasteiger partial charge in [-0.05, 0) is 31.5 Å². The van der Waals surface area contributed by atoms with Crippen molar-refractivity contribution in [2.45, 2.75) is 50.5 Å². The Labute approximate surface area is 85.8 Å². The molecular weight excluding hydrogens is 179 g/mol. The normalized spacial score (nSPS) is 28.3. The fourth-order valence-corrected chi connectivity index (χ4v) is 2.00. The molecule has 1 aliphatic rings. The van der Waals surface area contributed by atoms with Crippen molar-refractivity contribution in [3.8, 4) is 0 Å². The number of nitrogens with two attached hydrogens (primary N) is 2.